The summed E-state index contributed by atoms with van der Waals surface area (Å²) in [6.45, 7) is 4.64. The van der Waals surface area contributed by atoms with Crippen LogP contribution < -0.4 is 10.5 Å². The first-order valence-corrected chi connectivity index (χ1v) is 7.42. The molecule has 2 N–H and O–H groups in total. The molecule has 2 aromatic rings. The summed E-state index contributed by atoms with van der Waals surface area (Å²) in [5, 5.41) is 0. The summed E-state index contributed by atoms with van der Waals surface area (Å²) in [5.41, 5.74) is 9.13. The minimum Gasteiger partial charge on any atom is -0.493 e. The van der Waals surface area contributed by atoms with Crippen LogP contribution in [0.4, 0.5) is 0 Å². The number of aromatic nitrogens is 2. The molecule has 0 bridgehead atoms. The van der Waals surface area contributed by atoms with Crippen molar-refractivity contribution in [2.75, 3.05) is 6.61 Å². The van der Waals surface area contributed by atoms with Crippen LogP contribution in [0.5, 0.6) is 5.75 Å². The first-order valence-electron chi connectivity index (χ1n) is 7.42. The van der Waals surface area contributed by atoms with Crippen LogP contribution in [0.2, 0.25) is 0 Å². The second-order valence-electron chi connectivity index (χ2n) is 5.86. The van der Waals surface area contributed by atoms with Gasteiger partial charge in [0.05, 0.1) is 12.5 Å². The summed E-state index contributed by atoms with van der Waals surface area (Å²) >= 11 is 0. The van der Waals surface area contributed by atoms with Gasteiger partial charge in [0.2, 0.25) is 0 Å². The fourth-order valence-electron chi connectivity index (χ4n) is 2.77. The van der Waals surface area contributed by atoms with Crippen molar-refractivity contribution >= 4 is 0 Å². The zero-order chi connectivity index (χ0) is 14.8. The lowest BCUT2D eigenvalue weighted by atomic mass is 9.96. The number of ether oxygens (including phenoxy) is 1. The van der Waals surface area contributed by atoms with Crippen LogP contribution in [0.1, 0.15) is 35.6 Å². The van der Waals surface area contributed by atoms with Crippen LogP contribution in [-0.4, -0.2) is 22.6 Å². The SMILES string of the molecule is Cc1cc(CC(C)N)nc(C2COc3ccccc3C2)n1. The normalized spacial score (nSPS) is 18.7. The highest BCUT2D eigenvalue weighted by molar-refractivity contribution is 5.36. The second-order valence-corrected chi connectivity index (χ2v) is 5.86. The summed E-state index contributed by atoms with van der Waals surface area (Å²) in [6.07, 6.45) is 1.71. The third-order valence-corrected chi connectivity index (χ3v) is 3.70. The molecule has 0 spiro atoms. The van der Waals surface area contributed by atoms with E-state index in [1.165, 1.54) is 5.56 Å². The number of nitrogens with zero attached hydrogens (tertiary/aromatic N) is 2. The van der Waals surface area contributed by atoms with Crippen molar-refractivity contribution in [1.82, 2.24) is 9.97 Å². The van der Waals surface area contributed by atoms with E-state index in [-0.39, 0.29) is 12.0 Å². The Balaban J connectivity index is 1.86. The number of hydrogen-bond donors (Lipinski definition) is 1. The number of aryl methyl sites for hydroxylation is 1. The third-order valence-electron chi connectivity index (χ3n) is 3.70. The molecule has 0 saturated heterocycles. The zero-order valence-corrected chi connectivity index (χ0v) is 12.5. The molecule has 4 nitrogen and oxygen atoms in total. The lowest BCUT2D eigenvalue weighted by Gasteiger charge is -2.24. The molecule has 0 saturated carbocycles. The molecule has 21 heavy (non-hydrogen) atoms. The maximum atomic E-state index is 5.88. The van der Waals surface area contributed by atoms with Crippen molar-refractivity contribution in [1.29, 1.82) is 0 Å². The first-order chi connectivity index (χ1) is 10.1. The highest BCUT2D eigenvalue weighted by atomic mass is 16.5. The molecule has 1 aromatic carbocycles. The van der Waals surface area contributed by atoms with Crippen LogP contribution in [0, 0.1) is 6.92 Å². The van der Waals surface area contributed by atoms with Crippen LogP contribution in [0.25, 0.3) is 0 Å². The van der Waals surface area contributed by atoms with E-state index in [4.69, 9.17) is 15.5 Å². The summed E-state index contributed by atoms with van der Waals surface area (Å²) in [5.74, 6) is 2.07. The average molecular weight is 283 g/mol. The van der Waals surface area contributed by atoms with Gasteiger partial charge in [0.15, 0.2) is 0 Å². The van der Waals surface area contributed by atoms with Gasteiger partial charge in [-0.3, -0.25) is 0 Å². The molecule has 0 fully saturated rings. The Bertz CT molecular complexity index is 640. The number of fused-ring (bicyclic) bond motifs is 1. The molecule has 3 rings (SSSR count). The smallest absolute Gasteiger partial charge is 0.135 e. The molecule has 2 atom stereocenters. The molecule has 2 heterocycles. The van der Waals surface area contributed by atoms with E-state index < -0.39 is 0 Å². The van der Waals surface area contributed by atoms with Crippen LogP contribution in [0.3, 0.4) is 0 Å². The largest absolute Gasteiger partial charge is 0.493 e. The van der Waals surface area contributed by atoms with Crippen LogP contribution in [0.15, 0.2) is 30.3 Å². The van der Waals surface area contributed by atoms with Gasteiger partial charge in [-0.05, 0) is 38.0 Å². The third kappa shape index (κ3) is 3.22. The summed E-state index contributed by atoms with van der Waals surface area (Å²) in [7, 11) is 0. The van der Waals surface area contributed by atoms with Gasteiger partial charge in [0, 0.05) is 23.9 Å². The Morgan fingerprint density at radius 1 is 1.33 bits per heavy atom. The molecule has 1 aliphatic heterocycles. The van der Waals surface area contributed by atoms with Gasteiger partial charge in [0.1, 0.15) is 11.6 Å². The monoisotopic (exact) mass is 283 g/mol. The van der Waals surface area contributed by atoms with Gasteiger partial charge in [-0.25, -0.2) is 9.97 Å². The first kappa shape index (κ1) is 14.0. The van der Waals surface area contributed by atoms with Gasteiger partial charge in [-0.2, -0.15) is 0 Å². The second kappa shape index (κ2) is 5.82. The summed E-state index contributed by atoms with van der Waals surface area (Å²) < 4.78 is 5.85. The molecule has 0 radical (unpaired) electrons. The van der Waals surface area contributed by atoms with Crippen molar-refractivity contribution in [3.8, 4) is 5.75 Å². The van der Waals surface area contributed by atoms with Crippen molar-refractivity contribution in [2.45, 2.75) is 38.6 Å². The van der Waals surface area contributed by atoms with E-state index >= 15 is 0 Å². The van der Waals surface area contributed by atoms with Gasteiger partial charge in [0.25, 0.3) is 0 Å². The maximum absolute atomic E-state index is 5.88. The molecular formula is C17H21N3O. The Labute approximate surface area is 125 Å². The average Bonchev–Trinajstić information content (AvgIpc) is 2.45. The molecule has 1 aliphatic rings. The van der Waals surface area contributed by atoms with E-state index in [9.17, 15) is 0 Å². The van der Waals surface area contributed by atoms with Gasteiger partial charge < -0.3 is 10.5 Å². The number of para-hydroxylation sites is 1. The highest BCUT2D eigenvalue weighted by Gasteiger charge is 2.23. The van der Waals surface area contributed by atoms with Crippen molar-refractivity contribution in [3.63, 3.8) is 0 Å². The lowest BCUT2D eigenvalue weighted by Crippen LogP contribution is -2.23. The Hall–Kier alpha value is -1.94. The van der Waals surface area contributed by atoms with Crippen molar-refractivity contribution in [2.24, 2.45) is 5.73 Å². The van der Waals surface area contributed by atoms with Crippen LogP contribution >= 0.6 is 0 Å². The van der Waals surface area contributed by atoms with E-state index in [1.54, 1.807) is 0 Å². The lowest BCUT2D eigenvalue weighted by molar-refractivity contribution is 0.257. The van der Waals surface area contributed by atoms with Gasteiger partial charge in [-0.1, -0.05) is 18.2 Å². The quantitative estimate of drug-likeness (QED) is 0.939. The Kier molecular flexibility index (Phi) is 3.88. The Morgan fingerprint density at radius 3 is 2.95 bits per heavy atom. The molecule has 1 aromatic heterocycles. The topological polar surface area (TPSA) is 61.0 Å². The predicted octanol–water partition coefficient (Wildman–Crippen LogP) is 2.39. The number of hydrogen-bond acceptors (Lipinski definition) is 4. The number of benzene rings is 1. The minimum absolute atomic E-state index is 0.107. The number of nitrogens with two attached hydrogens (primary N) is 1. The maximum Gasteiger partial charge on any atom is 0.135 e. The molecule has 2 unspecified atom stereocenters. The van der Waals surface area contributed by atoms with Crippen molar-refractivity contribution < 1.29 is 4.74 Å². The molecule has 4 heteroatoms. The fourth-order valence-corrected chi connectivity index (χ4v) is 2.77. The zero-order valence-electron chi connectivity index (χ0n) is 12.5. The van der Waals surface area contributed by atoms with Gasteiger partial charge in [-0.15, -0.1) is 0 Å². The highest BCUT2D eigenvalue weighted by Crippen LogP contribution is 2.30. The number of rotatable bonds is 3. The van der Waals surface area contributed by atoms with E-state index in [0.717, 1.165) is 35.8 Å². The standard InChI is InChI=1S/C17H21N3O/c1-11(18)7-15-8-12(2)19-17(20-15)14-9-13-5-3-4-6-16(13)21-10-14/h3-6,8,11,14H,7,9-10,18H2,1-2H3. The molecular weight excluding hydrogens is 262 g/mol. The van der Waals surface area contributed by atoms with Crippen molar-refractivity contribution in [3.05, 3.63) is 53.1 Å². The summed E-state index contributed by atoms with van der Waals surface area (Å²) in [6, 6.07) is 10.3. The summed E-state index contributed by atoms with van der Waals surface area (Å²) in [4.78, 5) is 9.31. The van der Waals surface area contributed by atoms with E-state index in [1.807, 2.05) is 38.1 Å². The minimum atomic E-state index is 0.107. The van der Waals surface area contributed by atoms with E-state index in [0.29, 0.717) is 6.61 Å². The molecule has 0 aliphatic carbocycles. The molecule has 0 amide bonds. The molecule has 110 valence electrons. The Morgan fingerprint density at radius 2 is 2.14 bits per heavy atom. The van der Waals surface area contributed by atoms with Crippen LogP contribution in [-0.2, 0) is 12.8 Å². The fraction of sp³-hybridized carbons (Fsp3) is 0.412. The van der Waals surface area contributed by atoms with Gasteiger partial charge >= 0.3 is 0 Å². The van der Waals surface area contributed by atoms with E-state index in [2.05, 4.69) is 11.1 Å². The predicted molar refractivity (Wildman–Crippen MR) is 82.5 cm³/mol.